The zero-order valence-electron chi connectivity index (χ0n) is 13.1. The van der Waals surface area contributed by atoms with Crippen LogP contribution in [0.5, 0.6) is 0 Å². The first-order valence-electron chi connectivity index (χ1n) is 7.95. The molecule has 2 N–H and O–H groups in total. The molecule has 0 radical (unpaired) electrons. The molecule has 0 saturated carbocycles. The molecule has 1 amide bonds. The molecular weight excluding hydrogens is 312 g/mol. The van der Waals surface area contributed by atoms with Gasteiger partial charge in [-0.15, -0.1) is 0 Å². The van der Waals surface area contributed by atoms with E-state index in [1.807, 2.05) is 6.07 Å². The Labute approximate surface area is 139 Å². The molecule has 2 unspecified atom stereocenters. The van der Waals surface area contributed by atoms with Crippen molar-refractivity contribution in [1.29, 1.82) is 0 Å². The van der Waals surface area contributed by atoms with Gasteiger partial charge in [0.15, 0.2) is 0 Å². The van der Waals surface area contributed by atoms with Gasteiger partial charge in [0.05, 0.1) is 0 Å². The molecular formula is C18H19F2N3O. The molecule has 1 fully saturated rings. The van der Waals surface area contributed by atoms with E-state index >= 15 is 0 Å². The first kappa shape index (κ1) is 16.5. The minimum atomic E-state index is -0.540. The number of nitrogens with one attached hydrogen (secondary N) is 2. The predicted molar refractivity (Wildman–Crippen MR) is 87.5 cm³/mol. The molecule has 0 spiro atoms. The van der Waals surface area contributed by atoms with Crippen molar-refractivity contribution in [1.82, 2.24) is 10.3 Å². The van der Waals surface area contributed by atoms with Crippen LogP contribution in [0.15, 0.2) is 36.5 Å². The third-order valence-electron chi connectivity index (χ3n) is 4.41. The predicted octanol–water partition coefficient (Wildman–Crippen LogP) is 2.55. The van der Waals surface area contributed by atoms with Crippen LogP contribution >= 0.6 is 0 Å². The lowest BCUT2D eigenvalue weighted by Gasteiger charge is -2.18. The van der Waals surface area contributed by atoms with Gasteiger partial charge in [-0.3, -0.25) is 9.78 Å². The van der Waals surface area contributed by atoms with Crippen LogP contribution in [0.4, 0.5) is 14.5 Å². The normalized spacial score (nSPS) is 20.1. The van der Waals surface area contributed by atoms with Gasteiger partial charge in [-0.2, -0.15) is 0 Å². The lowest BCUT2D eigenvalue weighted by atomic mass is 9.86. The Kier molecular flexibility index (Phi) is 5.15. The standard InChI is InChI=1S/C18H19F2N3O/c19-15-4-12(5-16(20)7-15)3-13-9-21-10-14(13)6-18-8-17(23-11-24)1-2-22-18/h1-2,4-5,7-8,11,13-14,21H,3,6,9-10H2,(H,22,23,24). The molecule has 2 atom stereocenters. The summed E-state index contributed by atoms with van der Waals surface area (Å²) >= 11 is 0. The van der Waals surface area contributed by atoms with E-state index in [-0.39, 0.29) is 5.92 Å². The molecule has 2 heterocycles. The highest BCUT2D eigenvalue weighted by Gasteiger charge is 2.28. The maximum absolute atomic E-state index is 13.4. The van der Waals surface area contributed by atoms with Gasteiger partial charge in [-0.05, 0) is 67.6 Å². The Morgan fingerprint density at radius 3 is 2.54 bits per heavy atom. The highest BCUT2D eigenvalue weighted by molar-refractivity contribution is 5.70. The minimum Gasteiger partial charge on any atom is -0.329 e. The number of halogens is 2. The number of carbonyl (C=O) groups is 1. The number of hydrogen-bond acceptors (Lipinski definition) is 3. The molecule has 126 valence electrons. The first-order chi connectivity index (χ1) is 11.6. The summed E-state index contributed by atoms with van der Waals surface area (Å²) in [6.45, 7) is 1.66. The summed E-state index contributed by atoms with van der Waals surface area (Å²) in [7, 11) is 0. The van der Waals surface area contributed by atoms with E-state index < -0.39 is 11.6 Å². The maximum Gasteiger partial charge on any atom is 0.211 e. The van der Waals surface area contributed by atoms with E-state index in [1.165, 1.54) is 12.1 Å². The fourth-order valence-electron chi connectivity index (χ4n) is 3.31. The van der Waals surface area contributed by atoms with Crippen molar-refractivity contribution in [2.75, 3.05) is 18.4 Å². The number of aromatic nitrogens is 1. The SMILES string of the molecule is O=CNc1ccnc(CC2CNCC2Cc2cc(F)cc(F)c2)c1. The average molecular weight is 331 g/mol. The third-order valence-corrected chi connectivity index (χ3v) is 4.41. The Morgan fingerprint density at radius 1 is 1.12 bits per heavy atom. The highest BCUT2D eigenvalue weighted by atomic mass is 19.1. The van der Waals surface area contributed by atoms with E-state index in [4.69, 9.17) is 0 Å². The van der Waals surface area contributed by atoms with Gasteiger partial charge < -0.3 is 10.6 Å². The summed E-state index contributed by atoms with van der Waals surface area (Å²) in [5.74, 6) is -0.463. The van der Waals surface area contributed by atoms with Crippen molar-refractivity contribution in [2.24, 2.45) is 11.8 Å². The summed E-state index contributed by atoms with van der Waals surface area (Å²) < 4.78 is 26.7. The lowest BCUT2D eigenvalue weighted by Crippen LogP contribution is -2.18. The van der Waals surface area contributed by atoms with E-state index in [1.54, 1.807) is 12.3 Å². The summed E-state index contributed by atoms with van der Waals surface area (Å²) in [4.78, 5) is 14.9. The molecule has 0 aliphatic carbocycles. The van der Waals surface area contributed by atoms with Crippen LogP contribution in [0.3, 0.4) is 0 Å². The molecule has 1 saturated heterocycles. The zero-order chi connectivity index (χ0) is 16.9. The number of benzene rings is 1. The summed E-state index contributed by atoms with van der Waals surface area (Å²) in [5.41, 5.74) is 2.28. The molecule has 6 heteroatoms. The van der Waals surface area contributed by atoms with Crippen LogP contribution in [-0.2, 0) is 17.6 Å². The van der Waals surface area contributed by atoms with E-state index in [9.17, 15) is 13.6 Å². The second kappa shape index (κ2) is 7.49. The van der Waals surface area contributed by atoms with Crippen LogP contribution < -0.4 is 10.6 Å². The van der Waals surface area contributed by atoms with Gasteiger partial charge in [0.1, 0.15) is 11.6 Å². The van der Waals surface area contributed by atoms with Crippen molar-refractivity contribution in [3.8, 4) is 0 Å². The van der Waals surface area contributed by atoms with Crippen LogP contribution in [0, 0.1) is 23.5 Å². The van der Waals surface area contributed by atoms with Gasteiger partial charge in [0, 0.05) is 23.6 Å². The number of pyridine rings is 1. The Morgan fingerprint density at radius 2 is 1.83 bits per heavy atom. The van der Waals surface area contributed by atoms with Gasteiger partial charge in [-0.1, -0.05) is 0 Å². The topological polar surface area (TPSA) is 54.0 Å². The van der Waals surface area contributed by atoms with Crippen LogP contribution in [0.2, 0.25) is 0 Å². The molecule has 1 aliphatic heterocycles. The van der Waals surface area contributed by atoms with Gasteiger partial charge >= 0.3 is 0 Å². The maximum atomic E-state index is 13.4. The average Bonchev–Trinajstić information content (AvgIpc) is 2.94. The highest BCUT2D eigenvalue weighted by Crippen LogP contribution is 2.26. The van der Waals surface area contributed by atoms with E-state index in [0.29, 0.717) is 30.0 Å². The van der Waals surface area contributed by atoms with Crippen LogP contribution in [0.1, 0.15) is 11.3 Å². The van der Waals surface area contributed by atoms with Crippen molar-refractivity contribution in [3.63, 3.8) is 0 Å². The van der Waals surface area contributed by atoms with E-state index in [0.717, 1.165) is 31.3 Å². The van der Waals surface area contributed by atoms with Crippen LogP contribution in [-0.4, -0.2) is 24.5 Å². The molecule has 1 aliphatic rings. The fraction of sp³-hybridized carbons (Fsp3) is 0.333. The molecule has 3 rings (SSSR count). The lowest BCUT2D eigenvalue weighted by molar-refractivity contribution is -0.105. The third kappa shape index (κ3) is 4.14. The van der Waals surface area contributed by atoms with E-state index in [2.05, 4.69) is 15.6 Å². The molecule has 24 heavy (non-hydrogen) atoms. The number of anilines is 1. The second-order valence-corrected chi connectivity index (χ2v) is 6.16. The summed E-state index contributed by atoms with van der Waals surface area (Å²) in [6.07, 6.45) is 3.68. The molecule has 1 aromatic heterocycles. The zero-order valence-corrected chi connectivity index (χ0v) is 13.1. The quantitative estimate of drug-likeness (QED) is 0.800. The molecule has 2 aromatic rings. The van der Waals surface area contributed by atoms with Gasteiger partial charge in [0.2, 0.25) is 6.41 Å². The van der Waals surface area contributed by atoms with Gasteiger partial charge in [-0.25, -0.2) is 8.78 Å². The number of carbonyl (C=O) groups excluding carboxylic acids is 1. The number of rotatable bonds is 6. The smallest absolute Gasteiger partial charge is 0.211 e. The Bertz CT molecular complexity index is 703. The van der Waals surface area contributed by atoms with Crippen molar-refractivity contribution >= 4 is 12.1 Å². The monoisotopic (exact) mass is 331 g/mol. The Balaban J connectivity index is 1.69. The summed E-state index contributed by atoms with van der Waals surface area (Å²) in [5, 5.41) is 5.96. The first-order valence-corrected chi connectivity index (χ1v) is 7.95. The number of hydrogen-bond donors (Lipinski definition) is 2. The molecule has 0 bridgehead atoms. The van der Waals surface area contributed by atoms with Crippen LogP contribution in [0.25, 0.3) is 0 Å². The fourth-order valence-corrected chi connectivity index (χ4v) is 3.31. The largest absolute Gasteiger partial charge is 0.329 e. The summed E-state index contributed by atoms with van der Waals surface area (Å²) in [6, 6.07) is 7.27. The van der Waals surface area contributed by atoms with Crippen molar-refractivity contribution < 1.29 is 13.6 Å². The second-order valence-electron chi connectivity index (χ2n) is 6.16. The van der Waals surface area contributed by atoms with Crippen molar-refractivity contribution in [3.05, 3.63) is 59.4 Å². The molecule has 4 nitrogen and oxygen atoms in total. The Hall–Kier alpha value is -2.34. The number of nitrogens with zero attached hydrogens (tertiary/aromatic N) is 1. The van der Waals surface area contributed by atoms with Gasteiger partial charge in [0.25, 0.3) is 0 Å². The molecule has 1 aromatic carbocycles. The number of amides is 1. The minimum absolute atomic E-state index is 0.288. The van der Waals surface area contributed by atoms with Crippen molar-refractivity contribution in [2.45, 2.75) is 12.8 Å².